The van der Waals surface area contributed by atoms with Gasteiger partial charge in [0.15, 0.2) is 5.78 Å². The zero-order valence-corrected chi connectivity index (χ0v) is 12.3. The van der Waals surface area contributed by atoms with Gasteiger partial charge in [0.25, 0.3) is 5.91 Å². The molecule has 1 fully saturated rings. The first-order valence-electron chi connectivity index (χ1n) is 7.07. The second-order valence-electron chi connectivity index (χ2n) is 5.62. The van der Waals surface area contributed by atoms with Crippen LogP contribution in [0.3, 0.4) is 0 Å². The van der Waals surface area contributed by atoms with E-state index < -0.39 is 5.97 Å². The number of ketones is 1. The molecule has 114 valence electrons. The molecule has 1 saturated heterocycles. The standard InChI is InChI=1S/C15H20N2O4/c1-10(18)12-7-13(16(2)9-12)15(21)17-6-5-11(8-17)3-4-14(19)20/h7,9,11H,3-6,8H2,1-2H3,(H,19,20). The molecule has 1 aliphatic heterocycles. The summed E-state index contributed by atoms with van der Waals surface area (Å²) in [6.07, 6.45) is 3.24. The van der Waals surface area contributed by atoms with Crippen molar-refractivity contribution >= 4 is 17.7 Å². The van der Waals surface area contributed by atoms with Crippen LogP contribution < -0.4 is 0 Å². The van der Waals surface area contributed by atoms with Gasteiger partial charge < -0.3 is 14.6 Å². The van der Waals surface area contributed by atoms with Gasteiger partial charge in [0.1, 0.15) is 5.69 Å². The highest BCUT2D eigenvalue weighted by Gasteiger charge is 2.28. The lowest BCUT2D eigenvalue weighted by Crippen LogP contribution is -2.30. The van der Waals surface area contributed by atoms with Gasteiger partial charge in [-0.2, -0.15) is 0 Å². The lowest BCUT2D eigenvalue weighted by molar-refractivity contribution is -0.137. The number of aromatic nitrogens is 1. The lowest BCUT2D eigenvalue weighted by Gasteiger charge is -2.16. The third kappa shape index (κ3) is 3.51. The number of likely N-dealkylation sites (tertiary alicyclic amines) is 1. The summed E-state index contributed by atoms with van der Waals surface area (Å²) in [6.45, 7) is 2.71. The first kappa shape index (κ1) is 15.3. The van der Waals surface area contributed by atoms with E-state index in [0.717, 1.165) is 6.42 Å². The molecule has 0 bridgehead atoms. The van der Waals surface area contributed by atoms with E-state index in [1.807, 2.05) is 0 Å². The molecule has 0 aliphatic carbocycles. The number of rotatable bonds is 5. The lowest BCUT2D eigenvalue weighted by atomic mass is 10.0. The molecule has 1 atom stereocenters. The van der Waals surface area contributed by atoms with E-state index in [1.54, 1.807) is 28.8 Å². The Bertz CT molecular complexity index is 576. The molecule has 1 amide bonds. The number of aliphatic carboxylic acids is 1. The molecule has 2 rings (SSSR count). The van der Waals surface area contributed by atoms with Gasteiger partial charge in [0.05, 0.1) is 0 Å². The van der Waals surface area contributed by atoms with E-state index in [0.29, 0.717) is 30.8 Å². The van der Waals surface area contributed by atoms with E-state index in [9.17, 15) is 14.4 Å². The van der Waals surface area contributed by atoms with Crippen molar-refractivity contribution in [1.82, 2.24) is 9.47 Å². The third-order valence-electron chi connectivity index (χ3n) is 3.97. The molecular weight excluding hydrogens is 272 g/mol. The number of aryl methyl sites for hydroxylation is 1. The van der Waals surface area contributed by atoms with Gasteiger partial charge in [-0.05, 0) is 31.7 Å². The number of carboxylic acids is 1. The number of carbonyl (C=O) groups is 3. The summed E-state index contributed by atoms with van der Waals surface area (Å²) in [5.74, 6) is -0.709. The van der Waals surface area contributed by atoms with Crippen molar-refractivity contribution in [3.8, 4) is 0 Å². The van der Waals surface area contributed by atoms with Crippen molar-refractivity contribution < 1.29 is 19.5 Å². The maximum absolute atomic E-state index is 12.5. The fourth-order valence-corrected chi connectivity index (χ4v) is 2.71. The molecule has 2 heterocycles. The van der Waals surface area contributed by atoms with Gasteiger partial charge in [-0.1, -0.05) is 0 Å². The van der Waals surface area contributed by atoms with E-state index in [2.05, 4.69) is 0 Å². The van der Waals surface area contributed by atoms with Crippen LogP contribution in [0.5, 0.6) is 0 Å². The number of nitrogens with zero attached hydrogens (tertiary/aromatic N) is 2. The van der Waals surface area contributed by atoms with Crippen LogP contribution in [-0.4, -0.2) is 45.3 Å². The molecule has 1 unspecified atom stereocenters. The van der Waals surface area contributed by atoms with Gasteiger partial charge >= 0.3 is 5.97 Å². The molecule has 6 heteroatoms. The molecule has 1 aliphatic rings. The molecule has 1 aromatic heterocycles. The monoisotopic (exact) mass is 292 g/mol. The maximum atomic E-state index is 12.5. The predicted molar refractivity (Wildman–Crippen MR) is 76.3 cm³/mol. The van der Waals surface area contributed by atoms with Crippen molar-refractivity contribution in [2.75, 3.05) is 13.1 Å². The van der Waals surface area contributed by atoms with Crippen LogP contribution in [0.25, 0.3) is 0 Å². The second-order valence-corrected chi connectivity index (χ2v) is 5.62. The van der Waals surface area contributed by atoms with Gasteiger partial charge in [-0.25, -0.2) is 0 Å². The summed E-state index contributed by atoms with van der Waals surface area (Å²) >= 11 is 0. The zero-order chi connectivity index (χ0) is 15.6. The molecule has 6 nitrogen and oxygen atoms in total. The van der Waals surface area contributed by atoms with Crippen molar-refractivity contribution in [2.24, 2.45) is 13.0 Å². The predicted octanol–water partition coefficient (Wildman–Crippen LogP) is 1.55. The first-order valence-corrected chi connectivity index (χ1v) is 7.07. The van der Waals surface area contributed by atoms with Gasteiger partial charge in [0.2, 0.25) is 0 Å². The second kappa shape index (κ2) is 6.11. The summed E-state index contributed by atoms with van der Waals surface area (Å²) in [5.41, 5.74) is 1.03. The SMILES string of the molecule is CC(=O)c1cc(C(=O)N2CCC(CCC(=O)O)C2)n(C)c1. The van der Waals surface area contributed by atoms with Crippen LogP contribution >= 0.6 is 0 Å². The first-order chi connectivity index (χ1) is 9.88. The van der Waals surface area contributed by atoms with Gasteiger partial charge in [-0.3, -0.25) is 14.4 Å². The number of hydrogen-bond acceptors (Lipinski definition) is 3. The number of amides is 1. The van der Waals surface area contributed by atoms with Crippen LogP contribution in [0, 0.1) is 5.92 Å². The van der Waals surface area contributed by atoms with Crippen LogP contribution in [0.1, 0.15) is 47.0 Å². The Balaban J connectivity index is 2.01. The highest BCUT2D eigenvalue weighted by atomic mass is 16.4. The van der Waals surface area contributed by atoms with Gasteiger partial charge in [0, 0.05) is 38.3 Å². The van der Waals surface area contributed by atoms with Crippen molar-refractivity contribution in [3.05, 3.63) is 23.5 Å². The van der Waals surface area contributed by atoms with Crippen LogP contribution in [0.2, 0.25) is 0 Å². The number of carbonyl (C=O) groups excluding carboxylic acids is 2. The average Bonchev–Trinajstić information content (AvgIpc) is 3.02. The van der Waals surface area contributed by atoms with E-state index in [-0.39, 0.29) is 24.0 Å². The Labute approximate surface area is 123 Å². The highest BCUT2D eigenvalue weighted by Crippen LogP contribution is 2.23. The normalized spacial score (nSPS) is 18.0. The van der Waals surface area contributed by atoms with Crippen molar-refractivity contribution in [1.29, 1.82) is 0 Å². The molecular formula is C15H20N2O4. The fourth-order valence-electron chi connectivity index (χ4n) is 2.71. The molecule has 21 heavy (non-hydrogen) atoms. The van der Waals surface area contributed by atoms with Gasteiger partial charge in [-0.15, -0.1) is 0 Å². The highest BCUT2D eigenvalue weighted by molar-refractivity contribution is 5.99. The quantitative estimate of drug-likeness (QED) is 0.835. The molecule has 0 spiro atoms. The number of carboxylic acid groups (broad SMARTS) is 1. The molecule has 0 radical (unpaired) electrons. The molecule has 0 saturated carbocycles. The maximum Gasteiger partial charge on any atom is 0.303 e. The van der Waals surface area contributed by atoms with Crippen LogP contribution in [-0.2, 0) is 11.8 Å². The average molecular weight is 292 g/mol. The molecule has 0 aromatic carbocycles. The zero-order valence-electron chi connectivity index (χ0n) is 12.3. The fraction of sp³-hybridized carbons (Fsp3) is 0.533. The van der Waals surface area contributed by atoms with E-state index in [4.69, 9.17) is 5.11 Å². The van der Waals surface area contributed by atoms with Crippen LogP contribution in [0.4, 0.5) is 0 Å². The topological polar surface area (TPSA) is 79.6 Å². The Morgan fingerprint density at radius 2 is 2.10 bits per heavy atom. The largest absolute Gasteiger partial charge is 0.481 e. The summed E-state index contributed by atoms with van der Waals surface area (Å²) < 4.78 is 1.67. The summed E-state index contributed by atoms with van der Waals surface area (Å²) in [4.78, 5) is 36.2. The minimum absolute atomic E-state index is 0.0644. The van der Waals surface area contributed by atoms with E-state index >= 15 is 0 Å². The Kier molecular flexibility index (Phi) is 4.45. The summed E-state index contributed by atoms with van der Waals surface area (Å²) in [7, 11) is 1.75. The minimum Gasteiger partial charge on any atom is -0.481 e. The number of Topliss-reactive ketones (excluding diaryl/α,β-unsaturated/α-hetero) is 1. The van der Waals surface area contributed by atoms with Crippen LogP contribution in [0.15, 0.2) is 12.3 Å². The van der Waals surface area contributed by atoms with E-state index in [1.165, 1.54) is 6.92 Å². The molecule has 1 aromatic rings. The molecule has 1 N–H and O–H groups in total. The Morgan fingerprint density at radius 1 is 1.38 bits per heavy atom. The minimum atomic E-state index is -0.798. The Morgan fingerprint density at radius 3 is 2.67 bits per heavy atom. The summed E-state index contributed by atoms with van der Waals surface area (Å²) in [5, 5.41) is 8.70. The Hall–Kier alpha value is -2.11. The smallest absolute Gasteiger partial charge is 0.303 e. The number of hydrogen-bond donors (Lipinski definition) is 1. The van der Waals surface area contributed by atoms with Crippen molar-refractivity contribution in [2.45, 2.75) is 26.2 Å². The third-order valence-corrected chi connectivity index (χ3v) is 3.97. The van der Waals surface area contributed by atoms with Crippen molar-refractivity contribution in [3.63, 3.8) is 0 Å². The summed E-state index contributed by atoms with van der Waals surface area (Å²) in [6, 6.07) is 1.62.